The van der Waals surface area contributed by atoms with E-state index in [2.05, 4.69) is 15.3 Å². The SMILES string of the molecule is CC(SCC(=O)NCC(C)(O)C(=O)O)c1nc2ccccc2[nH]1. The van der Waals surface area contributed by atoms with Gasteiger partial charge in [0.05, 0.1) is 28.6 Å². The van der Waals surface area contributed by atoms with Gasteiger partial charge in [0.1, 0.15) is 5.82 Å². The zero-order chi connectivity index (χ0) is 17.0. The molecule has 0 bridgehead atoms. The molecule has 1 aromatic carbocycles. The highest BCUT2D eigenvalue weighted by Crippen LogP contribution is 2.27. The summed E-state index contributed by atoms with van der Waals surface area (Å²) in [5.74, 6) is -0.782. The smallest absolute Gasteiger partial charge is 0.337 e. The lowest BCUT2D eigenvalue weighted by molar-refractivity contribution is -0.156. The van der Waals surface area contributed by atoms with Crippen molar-refractivity contribution >= 4 is 34.7 Å². The second kappa shape index (κ2) is 7.01. The molecule has 0 spiro atoms. The molecule has 0 saturated heterocycles. The fourth-order valence-electron chi connectivity index (χ4n) is 1.84. The zero-order valence-electron chi connectivity index (χ0n) is 12.9. The van der Waals surface area contributed by atoms with E-state index in [0.717, 1.165) is 23.8 Å². The van der Waals surface area contributed by atoms with Crippen LogP contribution in [0.2, 0.25) is 0 Å². The number of carbonyl (C=O) groups is 2. The fraction of sp³-hybridized carbons (Fsp3) is 0.400. The number of hydrogen-bond acceptors (Lipinski definition) is 5. The number of nitrogens with zero attached hydrogens (tertiary/aromatic N) is 1. The minimum atomic E-state index is -1.97. The molecule has 124 valence electrons. The van der Waals surface area contributed by atoms with Crippen LogP contribution in [0.1, 0.15) is 24.9 Å². The van der Waals surface area contributed by atoms with Crippen molar-refractivity contribution in [3.8, 4) is 0 Å². The van der Waals surface area contributed by atoms with Crippen molar-refractivity contribution in [2.24, 2.45) is 0 Å². The van der Waals surface area contributed by atoms with Gasteiger partial charge in [-0.1, -0.05) is 12.1 Å². The van der Waals surface area contributed by atoms with E-state index in [1.165, 1.54) is 11.8 Å². The Morgan fingerprint density at radius 1 is 1.43 bits per heavy atom. The summed E-state index contributed by atoms with van der Waals surface area (Å²) >= 11 is 1.38. The number of H-pyrrole nitrogens is 1. The summed E-state index contributed by atoms with van der Waals surface area (Å²) in [6, 6.07) is 7.67. The molecule has 2 rings (SSSR count). The number of rotatable bonds is 7. The van der Waals surface area contributed by atoms with Gasteiger partial charge < -0.3 is 20.5 Å². The molecule has 2 atom stereocenters. The zero-order valence-corrected chi connectivity index (χ0v) is 13.7. The molecule has 0 saturated carbocycles. The van der Waals surface area contributed by atoms with Crippen LogP contribution in [-0.2, 0) is 9.59 Å². The summed E-state index contributed by atoms with van der Waals surface area (Å²) in [6.07, 6.45) is 0. The maximum Gasteiger partial charge on any atom is 0.337 e. The first kappa shape index (κ1) is 17.3. The number of para-hydroxylation sites is 2. The van der Waals surface area contributed by atoms with E-state index in [1.807, 2.05) is 31.2 Å². The Kier molecular flexibility index (Phi) is 5.27. The van der Waals surface area contributed by atoms with Gasteiger partial charge in [0, 0.05) is 0 Å². The van der Waals surface area contributed by atoms with E-state index in [4.69, 9.17) is 5.11 Å². The second-order valence-electron chi connectivity index (χ2n) is 5.45. The van der Waals surface area contributed by atoms with Gasteiger partial charge in [0.15, 0.2) is 5.60 Å². The van der Waals surface area contributed by atoms with Gasteiger partial charge in [-0.25, -0.2) is 9.78 Å². The van der Waals surface area contributed by atoms with Crippen LogP contribution in [-0.4, -0.2) is 50.0 Å². The number of thioether (sulfide) groups is 1. The highest BCUT2D eigenvalue weighted by molar-refractivity contribution is 8.00. The van der Waals surface area contributed by atoms with Crippen molar-refractivity contribution < 1.29 is 19.8 Å². The highest BCUT2D eigenvalue weighted by Gasteiger charge is 2.30. The number of carboxylic acids is 1. The molecule has 2 unspecified atom stereocenters. The van der Waals surface area contributed by atoms with Gasteiger partial charge in [0.2, 0.25) is 5.91 Å². The van der Waals surface area contributed by atoms with Gasteiger partial charge in [-0.3, -0.25) is 4.79 Å². The van der Waals surface area contributed by atoms with E-state index in [1.54, 1.807) is 0 Å². The minimum absolute atomic E-state index is 0.0202. The Labute approximate surface area is 137 Å². The molecule has 0 aliphatic rings. The average Bonchev–Trinajstić information content (AvgIpc) is 2.94. The number of fused-ring (bicyclic) bond motifs is 1. The Bertz CT molecular complexity index is 681. The van der Waals surface area contributed by atoms with Crippen molar-refractivity contribution in [2.75, 3.05) is 12.3 Å². The van der Waals surface area contributed by atoms with Crippen LogP contribution in [0.3, 0.4) is 0 Å². The molecule has 1 heterocycles. The Morgan fingerprint density at radius 3 is 2.78 bits per heavy atom. The molecule has 0 radical (unpaired) electrons. The maximum absolute atomic E-state index is 11.8. The second-order valence-corrected chi connectivity index (χ2v) is 6.78. The third-order valence-electron chi connectivity index (χ3n) is 3.35. The number of nitrogens with one attached hydrogen (secondary N) is 2. The lowest BCUT2D eigenvalue weighted by Gasteiger charge is -2.18. The molecule has 1 aromatic heterocycles. The van der Waals surface area contributed by atoms with Crippen molar-refractivity contribution in [3.63, 3.8) is 0 Å². The van der Waals surface area contributed by atoms with Crippen molar-refractivity contribution in [2.45, 2.75) is 24.7 Å². The Hall–Kier alpha value is -2.06. The minimum Gasteiger partial charge on any atom is -0.479 e. The van der Waals surface area contributed by atoms with E-state index in [9.17, 15) is 14.7 Å². The third kappa shape index (κ3) is 4.46. The van der Waals surface area contributed by atoms with E-state index in [-0.39, 0.29) is 23.5 Å². The summed E-state index contributed by atoms with van der Waals surface area (Å²) in [4.78, 5) is 30.2. The molecular formula is C15H19N3O4S. The standard InChI is InChI=1S/C15H19N3O4S/c1-9(13-17-10-5-3-4-6-11(10)18-13)23-7-12(19)16-8-15(2,22)14(20)21/h3-6,9,22H,7-8H2,1-2H3,(H,16,19)(H,17,18)(H,20,21). The number of imidazole rings is 1. The summed E-state index contributed by atoms with van der Waals surface area (Å²) < 4.78 is 0. The molecule has 0 fully saturated rings. The number of benzene rings is 1. The normalized spacial score (nSPS) is 15.1. The number of carboxylic acid groups (broad SMARTS) is 1. The van der Waals surface area contributed by atoms with E-state index < -0.39 is 11.6 Å². The molecule has 1 amide bonds. The maximum atomic E-state index is 11.8. The summed E-state index contributed by atoms with van der Waals surface area (Å²) in [7, 11) is 0. The first-order valence-corrected chi connectivity index (χ1v) is 8.13. The van der Waals surface area contributed by atoms with Crippen molar-refractivity contribution in [1.29, 1.82) is 0 Å². The third-order valence-corrected chi connectivity index (χ3v) is 4.50. The summed E-state index contributed by atoms with van der Waals surface area (Å²) in [5.41, 5.74) is -0.154. The van der Waals surface area contributed by atoms with Crippen LogP contribution in [0.15, 0.2) is 24.3 Å². The van der Waals surface area contributed by atoms with Crippen LogP contribution in [0.5, 0.6) is 0 Å². The largest absolute Gasteiger partial charge is 0.479 e. The molecule has 4 N–H and O–H groups in total. The number of amides is 1. The molecule has 8 heteroatoms. The predicted molar refractivity (Wildman–Crippen MR) is 88.2 cm³/mol. The summed E-state index contributed by atoms with van der Waals surface area (Å²) in [5, 5.41) is 20.7. The molecular weight excluding hydrogens is 318 g/mol. The summed E-state index contributed by atoms with van der Waals surface area (Å²) in [6.45, 7) is 2.74. The molecule has 0 aliphatic carbocycles. The number of carbonyl (C=O) groups excluding carboxylic acids is 1. The molecule has 7 nitrogen and oxygen atoms in total. The molecule has 2 aromatic rings. The monoisotopic (exact) mass is 337 g/mol. The van der Waals surface area contributed by atoms with Crippen LogP contribution < -0.4 is 5.32 Å². The van der Waals surface area contributed by atoms with Crippen LogP contribution in [0.25, 0.3) is 11.0 Å². The fourth-order valence-corrected chi connectivity index (χ4v) is 2.61. The average molecular weight is 337 g/mol. The van der Waals surface area contributed by atoms with Crippen LogP contribution in [0.4, 0.5) is 0 Å². The van der Waals surface area contributed by atoms with E-state index in [0.29, 0.717) is 0 Å². The van der Waals surface area contributed by atoms with Crippen LogP contribution >= 0.6 is 11.8 Å². The number of aromatic amines is 1. The number of aliphatic hydroxyl groups is 1. The Balaban J connectivity index is 1.85. The van der Waals surface area contributed by atoms with E-state index >= 15 is 0 Å². The van der Waals surface area contributed by atoms with Crippen molar-refractivity contribution in [1.82, 2.24) is 15.3 Å². The van der Waals surface area contributed by atoms with Crippen molar-refractivity contribution in [3.05, 3.63) is 30.1 Å². The molecule has 23 heavy (non-hydrogen) atoms. The quantitative estimate of drug-likeness (QED) is 0.605. The lowest BCUT2D eigenvalue weighted by atomic mass is 10.1. The van der Waals surface area contributed by atoms with Gasteiger partial charge in [-0.15, -0.1) is 11.8 Å². The number of aromatic nitrogens is 2. The first-order chi connectivity index (χ1) is 10.8. The van der Waals surface area contributed by atoms with Gasteiger partial charge in [-0.2, -0.15) is 0 Å². The predicted octanol–water partition coefficient (Wildman–Crippen LogP) is 1.31. The van der Waals surface area contributed by atoms with Gasteiger partial charge >= 0.3 is 5.97 Å². The number of aliphatic carboxylic acids is 1. The van der Waals surface area contributed by atoms with Crippen LogP contribution in [0, 0.1) is 0 Å². The topological polar surface area (TPSA) is 115 Å². The Morgan fingerprint density at radius 2 is 2.13 bits per heavy atom. The van der Waals surface area contributed by atoms with Gasteiger partial charge in [-0.05, 0) is 26.0 Å². The highest BCUT2D eigenvalue weighted by atomic mass is 32.2. The molecule has 0 aliphatic heterocycles. The lowest BCUT2D eigenvalue weighted by Crippen LogP contribution is -2.47. The van der Waals surface area contributed by atoms with Gasteiger partial charge in [0.25, 0.3) is 0 Å². The number of hydrogen-bond donors (Lipinski definition) is 4. The first-order valence-electron chi connectivity index (χ1n) is 7.08.